The standard InChI is InChI=1S/C53H64N12O10/c54-52(55)57-22-8-18-39(49(70)65-25-11-21-44(65)51(72)73)60-48(69)43-20-9-23-63(43)45(66)29-58-47(68)42-19-10-24-64(42)50(71)41(26-32-12-2-1-3-13-32)61-46(67)40(27-33-28-56-31-59-33)62-53(74)75-30-38-36-16-6-4-14-34(36)35-15-5-7-17-37(35)38/h1-7,12-17,28,31,38-44H,8-11,18-27,29-30H2,(H,56,59)(H,58,68)(H,60,69)(H,61,67)(H,62,74)(H,72,73)(H4,54,55,57)/t39-,40-,41-,42-,43-,44-/m0/s1. The van der Waals surface area contributed by atoms with Gasteiger partial charge in [-0.2, -0.15) is 0 Å². The molecule has 75 heavy (non-hydrogen) atoms. The number of carboxylic acid groups (broad SMARTS) is 1. The number of nitrogens with one attached hydrogen (secondary N) is 7. The third-order valence-electron chi connectivity index (χ3n) is 14.4. The normalized spacial score (nSPS) is 19.0. The topological polar surface area (TPSA) is 314 Å². The van der Waals surface area contributed by atoms with Crippen molar-refractivity contribution in [3.8, 4) is 11.1 Å². The molecule has 3 fully saturated rings. The van der Waals surface area contributed by atoms with Crippen molar-refractivity contribution in [3.63, 3.8) is 0 Å². The molecule has 0 bridgehead atoms. The Morgan fingerprint density at radius 1 is 0.707 bits per heavy atom. The molecule has 0 spiro atoms. The highest BCUT2D eigenvalue weighted by atomic mass is 16.5. The molecule has 0 saturated carbocycles. The van der Waals surface area contributed by atoms with Crippen LogP contribution >= 0.6 is 0 Å². The smallest absolute Gasteiger partial charge is 0.407 e. The van der Waals surface area contributed by atoms with Gasteiger partial charge in [0, 0.05) is 51.1 Å². The number of aromatic amines is 1. The van der Waals surface area contributed by atoms with Gasteiger partial charge in [-0.3, -0.25) is 34.2 Å². The summed E-state index contributed by atoms with van der Waals surface area (Å²) >= 11 is 0. The molecule has 4 aromatic rings. The molecule has 22 heteroatoms. The van der Waals surface area contributed by atoms with Crippen molar-refractivity contribution in [2.24, 2.45) is 5.73 Å². The molecule has 3 saturated heterocycles. The number of carboxylic acids is 1. The number of hydrogen-bond donors (Lipinski definition) is 9. The van der Waals surface area contributed by atoms with Gasteiger partial charge in [-0.1, -0.05) is 78.9 Å². The van der Waals surface area contributed by atoms with E-state index < -0.39 is 90.3 Å². The first-order valence-electron chi connectivity index (χ1n) is 25.5. The number of ether oxygens (including phenoxy) is 1. The zero-order valence-corrected chi connectivity index (χ0v) is 41.5. The summed E-state index contributed by atoms with van der Waals surface area (Å²) in [6, 6.07) is 18.4. The summed E-state index contributed by atoms with van der Waals surface area (Å²) < 4.78 is 5.81. The van der Waals surface area contributed by atoms with E-state index in [1.54, 1.807) is 18.3 Å². The summed E-state index contributed by atoms with van der Waals surface area (Å²) in [5.41, 5.74) is 10.8. The predicted octanol–water partition coefficient (Wildman–Crippen LogP) is 1.51. The highest BCUT2D eigenvalue weighted by Crippen LogP contribution is 2.44. The van der Waals surface area contributed by atoms with Crippen LogP contribution in [0.2, 0.25) is 0 Å². The molecule has 1 aromatic heterocycles. The average Bonchev–Trinajstić information content (AvgIpc) is 4.28. The van der Waals surface area contributed by atoms with Crippen LogP contribution in [0.4, 0.5) is 4.79 Å². The number of amides is 7. The number of imidazole rings is 1. The number of rotatable bonds is 21. The quantitative estimate of drug-likeness (QED) is 0.0325. The van der Waals surface area contributed by atoms with Gasteiger partial charge in [-0.05, 0) is 79.2 Å². The van der Waals surface area contributed by atoms with E-state index in [2.05, 4.69) is 36.6 Å². The van der Waals surface area contributed by atoms with Crippen molar-refractivity contribution in [3.05, 3.63) is 114 Å². The minimum atomic E-state index is -1.23. The zero-order chi connectivity index (χ0) is 53.0. The first-order valence-corrected chi connectivity index (χ1v) is 25.5. The lowest BCUT2D eigenvalue weighted by Gasteiger charge is -2.31. The minimum Gasteiger partial charge on any atom is -0.480 e. The van der Waals surface area contributed by atoms with Gasteiger partial charge in [0.1, 0.15) is 42.9 Å². The lowest BCUT2D eigenvalue weighted by molar-refractivity contribution is -0.149. The lowest BCUT2D eigenvalue weighted by Crippen LogP contribution is -2.58. The van der Waals surface area contributed by atoms with E-state index >= 15 is 0 Å². The number of fused-ring (bicyclic) bond motifs is 3. The number of guanidine groups is 1. The maximum absolute atomic E-state index is 14.7. The van der Waals surface area contributed by atoms with Gasteiger partial charge in [-0.15, -0.1) is 0 Å². The van der Waals surface area contributed by atoms with Crippen molar-refractivity contribution in [2.75, 3.05) is 39.3 Å². The van der Waals surface area contributed by atoms with Crippen LogP contribution in [-0.2, 0) is 51.1 Å². The van der Waals surface area contributed by atoms with E-state index in [0.29, 0.717) is 31.4 Å². The number of benzene rings is 3. The van der Waals surface area contributed by atoms with Crippen molar-refractivity contribution < 1.29 is 48.2 Å². The number of nitrogens with two attached hydrogens (primary N) is 1. The van der Waals surface area contributed by atoms with Crippen LogP contribution in [0, 0.1) is 5.41 Å². The Morgan fingerprint density at radius 2 is 1.31 bits per heavy atom. The third-order valence-corrected chi connectivity index (χ3v) is 14.4. The van der Waals surface area contributed by atoms with E-state index in [1.165, 1.54) is 21.0 Å². The predicted molar refractivity (Wildman–Crippen MR) is 272 cm³/mol. The molecule has 8 rings (SSSR count). The lowest BCUT2D eigenvalue weighted by atomic mass is 9.98. The van der Waals surface area contributed by atoms with Gasteiger partial charge >= 0.3 is 12.1 Å². The zero-order valence-electron chi connectivity index (χ0n) is 41.5. The molecule has 4 aliphatic rings. The number of likely N-dealkylation sites (tertiary alicyclic amines) is 3. The summed E-state index contributed by atoms with van der Waals surface area (Å²) in [5.74, 6) is -5.18. The Bertz CT molecular complexity index is 2690. The monoisotopic (exact) mass is 1030 g/mol. The molecule has 22 nitrogen and oxygen atoms in total. The molecule has 0 unspecified atom stereocenters. The Labute approximate surface area is 433 Å². The molecule has 7 amide bonds. The average molecular weight is 1030 g/mol. The molecule has 0 radical (unpaired) electrons. The highest BCUT2D eigenvalue weighted by Gasteiger charge is 2.42. The van der Waals surface area contributed by atoms with E-state index in [4.69, 9.17) is 15.9 Å². The third kappa shape index (κ3) is 12.9. The van der Waals surface area contributed by atoms with Crippen LogP contribution in [0.25, 0.3) is 11.1 Å². The van der Waals surface area contributed by atoms with Crippen LogP contribution in [0.1, 0.15) is 79.7 Å². The van der Waals surface area contributed by atoms with E-state index in [0.717, 1.165) is 27.8 Å². The number of carbonyl (C=O) groups is 8. The fourth-order valence-electron chi connectivity index (χ4n) is 10.7. The number of carbonyl (C=O) groups excluding carboxylic acids is 7. The van der Waals surface area contributed by atoms with Gasteiger partial charge in [-0.25, -0.2) is 14.6 Å². The summed E-state index contributed by atoms with van der Waals surface area (Å²) in [6.45, 7) is 0.344. The first kappa shape index (κ1) is 53.0. The summed E-state index contributed by atoms with van der Waals surface area (Å²) in [7, 11) is 0. The summed E-state index contributed by atoms with van der Waals surface area (Å²) in [4.78, 5) is 121. The molecule has 396 valence electrons. The Balaban J connectivity index is 0.904. The Hall–Kier alpha value is -8.30. The molecule has 1 aliphatic carbocycles. The van der Waals surface area contributed by atoms with Gasteiger partial charge in [0.05, 0.1) is 18.6 Å². The second-order valence-electron chi connectivity index (χ2n) is 19.3. The van der Waals surface area contributed by atoms with Gasteiger partial charge in [0.25, 0.3) is 0 Å². The summed E-state index contributed by atoms with van der Waals surface area (Å²) in [6.07, 6.45) is 4.88. The second kappa shape index (κ2) is 24.6. The van der Waals surface area contributed by atoms with E-state index in [-0.39, 0.29) is 83.2 Å². The van der Waals surface area contributed by atoms with Crippen LogP contribution in [0.5, 0.6) is 0 Å². The maximum Gasteiger partial charge on any atom is 0.407 e. The van der Waals surface area contributed by atoms with E-state index in [9.17, 15) is 43.5 Å². The van der Waals surface area contributed by atoms with Gasteiger partial charge in [0.15, 0.2) is 5.96 Å². The van der Waals surface area contributed by atoms with Crippen molar-refractivity contribution in [1.82, 2.24) is 51.3 Å². The highest BCUT2D eigenvalue weighted by molar-refractivity contribution is 5.97. The second-order valence-corrected chi connectivity index (χ2v) is 19.3. The molecule has 6 atom stereocenters. The fraction of sp³-hybridized carbons (Fsp3) is 0.434. The molecule has 3 aliphatic heterocycles. The van der Waals surface area contributed by atoms with Crippen molar-refractivity contribution >= 4 is 53.5 Å². The van der Waals surface area contributed by atoms with Crippen LogP contribution < -0.4 is 32.3 Å². The molecular formula is C53H64N12O10. The summed E-state index contributed by atoms with van der Waals surface area (Å²) in [5, 5.41) is 30.9. The molecule has 3 aromatic carbocycles. The molecular weight excluding hydrogens is 965 g/mol. The number of H-pyrrole nitrogens is 1. The molecule has 4 heterocycles. The number of nitrogens with zero attached hydrogens (tertiary/aromatic N) is 4. The largest absolute Gasteiger partial charge is 0.480 e. The van der Waals surface area contributed by atoms with Gasteiger partial charge < -0.3 is 61.8 Å². The number of hydrogen-bond acceptors (Lipinski definition) is 11. The number of aliphatic carboxylic acids is 1. The SMILES string of the molecule is N=C(N)NCCC[C@H](NC(=O)[C@@H]1CCCN1C(=O)CNC(=O)[C@@H]1CCCN1C(=O)[C@H](Cc1ccccc1)NC(=O)[C@H](Cc1c[nH]cn1)NC(=O)OCC1c2ccccc2-c2ccccc21)C(=O)N1CCC[C@H]1C(=O)O. The van der Waals surface area contributed by atoms with Crippen molar-refractivity contribution in [1.29, 1.82) is 5.41 Å². The van der Waals surface area contributed by atoms with Crippen LogP contribution in [0.3, 0.4) is 0 Å². The maximum atomic E-state index is 14.7. The Morgan fingerprint density at radius 3 is 1.95 bits per heavy atom. The van der Waals surface area contributed by atoms with Crippen molar-refractivity contribution in [2.45, 2.75) is 106 Å². The minimum absolute atomic E-state index is 0.00610. The fourth-order valence-corrected chi connectivity index (χ4v) is 10.7. The van der Waals surface area contributed by atoms with Gasteiger partial charge in [0.2, 0.25) is 35.4 Å². The van der Waals surface area contributed by atoms with Crippen LogP contribution in [0.15, 0.2) is 91.4 Å². The number of aromatic nitrogens is 2. The van der Waals surface area contributed by atoms with Crippen LogP contribution in [-0.4, -0.2) is 159 Å². The first-order chi connectivity index (χ1) is 36.3. The number of alkyl carbamates (subject to hydrolysis) is 1. The Kier molecular flexibility index (Phi) is 17.4. The van der Waals surface area contributed by atoms with E-state index in [1.807, 2.05) is 66.7 Å². The molecule has 10 N–H and O–H groups in total.